The number of aliphatic hydroxyl groups excluding tert-OH is 12. The molecule has 24 atom stereocenters. The SMILES string of the molecule is COc1cc(/C=C/C(=O)OC2C(CO)OC(OC3OC(CO)C(O)C(O)C3O)C(OC3(COC(=O)/C=C/c4ccc(O)cc4)OC(CO)C(O)C3OC(=O)c3ccccc3)C2OC2OC(COC(C)=O)C(OC(C)=O)C(OC3OC(CO)C(O)C(O)C3O)C2O)ccc1O. The Balaban J connectivity index is 1.32. The number of hydrogen-bond acceptors (Lipinski definition) is 34. The van der Waals surface area contributed by atoms with E-state index in [2.05, 4.69) is 0 Å². The predicted octanol–water partition coefficient (Wildman–Crippen LogP) is -4.97. The molecule has 94 heavy (non-hydrogen) atoms. The summed E-state index contributed by atoms with van der Waals surface area (Å²) in [6, 6.07) is 16.3. The largest absolute Gasteiger partial charge is 0.508 e. The average molecular weight is 1340 g/mol. The molecular weight excluding hydrogens is 1260 g/mol. The number of ether oxygens (including phenoxy) is 15. The van der Waals surface area contributed by atoms with Crippen LogP contribution in [0.15, 0.2) is 84.9 Å². The fourth-order valence-corrected chi connectivity index (χ4v) is 10.7. The number of phenols is 2. The van der Waals surface area contributed by atoms with Crippen molar-refractivity contribution in [2.75, 3.05) is 46.8 Å². The number of aliphatic hydroxyl groups is 12. The molecule has 5 heterocycles. The van der Waals surface area contributed by atoms with Crippen molar-refractivity contribution in [3.63, 3.8) is 0 Å². The zero-order valence-corrected chi connectivity index (χ0v) is 50.2. The summed E-state index contributed by atoms with van der Waals surface area (Å²) < 4.78 is 89.4. The molecule has 3 aromatic carbocycles. The molecule has 0 radical (unpaired) electrons. The van der Waals surface area contributed by atoms with Crippen LogP contribution in [0.4, 0.5) is 0 Å². The molecule has 0 aromatic heterocycles. The minimum atomic E-state index is -3.08. The molecule has 3 aromatic rings. The third kappa shape index (κ3) is 17.2. The Kier molecular flexibility index (Phi) is 25.3. The van der Waals surface area contributed by atoms with Crippen LogP contribution in [0.2, 0.25) is 0 Å². The van der Waals surface area contributed by atoms with Gasteiger partial charge in [0.2, 0.25) is 5.79 Å². The van der Waals surface area contributed by atoms with Gasteiger partial charge in [0.1, 0.15) is 117 Å². The normalized spacial score (nSPS) is 36.0. The number of benzene rings is 3. The smallest absolute Gasteiger partial charge is 0.338 e. The van der Waals surface area contributed by atoms with Crippen LogP contribution in [-0.2, 0) is 85.5 Å². The van der Waals surface area contributed by atoms with Gasteiger partial charge in [-0.25, -0.2) is 14.4 Å². The molecule has 0 saturated carbocycles. The first-order chi connectivity index (χ1) is 44.8. The van der Waals surface area contributed by atoms with Crippen molar-refractivity contribution in [2.24, 2.45) is 0 Å². The van der Waals surface area contributed by atoms with Gasteiger partial charge < -0.3 is 143 Å². The Bertz CT molecular complexity index is 3060. The van der Waals surface area contributed by atoms with Crippen LogP contribution in [-0.4, -0.2) is 295 Å². The van der Waals surface area contributed by atoms with Gasteiger partial charge in [-0.1, -0.05) is 36.4 Å². The standard InChI is InChI=1S/C60H74O34/c1-26(65)81-24-38-50(83-27(2)66)51(89-56-46(76)44(74)41(71)34(20-61)84-56)48(78)58(87-38)90-52-49(88-40(70)18-13-29-11-16-32(68)33(19-29)80-3)37(23-64)86-59(92-57-47(77)45(75)42(72)35(21-62)85-57)53(52)94-60(25-82-39(69)17-12-28-9-14-31(67)15-10-28)54(43(73)36(22-63)93-60)91-55(79)30-7-5-4-6-8-30/h4-19,34-38,41-54,56-59,61-64,67-68,71-78H,20-25H2,1-3H3/b17-12+,18-13+. The van der Waals surface area contributed by atoms with Gasteiger partial charge in [-0.2, -0.15) is 0 Å². The van der Waals surface area contributed by atoms with Crippen LogP contribution in [0.25, 0.3) is 12.2 Å². The zero-order chi connectivity index (χ0) is 68.3. The summed E-state index contributed by atoms with van der Waals surface area (Å²) in [5, 5.41) is 153. The highest BCUT2D eigenvalue weighted by atomic mass is 16.8. The van der Waals surface area contributed by atoms with Gasteiger partial charge in [0.25, 0.3) is 0 Å². The van der Waals surface area contributed by atoms with E-state index in [9.17, 15) is 95.5 Å². The van der Waals surface area contributed by atoms with E-state index in [1.165, 1.54) is 79.9 Å². The molecule has 24 unspecified atom stereocenters. The highest BCUT2D eigenvalue weighted by molar-refractivity contribution is 5.90. The average Bonchev–Trinajstić information content (AvgIpc) is 1.41. The summed E-state index contributed by atoms with van der Waals surface area (Å²) in [4.78, 5) is 67.9. The molecule has 34 heteroatoms. The highest BCUT2D eigenvalue weighted by Gasteiger charge is 2.65. The number of carbonyl (C=O) groups excluding carboxylic acids is 5. The fraction of sp³-hybridized carbons (Fsp3) is 0.550. The van der Waals surface area contributed by atoms with Gasteiger partial charge in [0, 0.05) is 26.0 Å². The first kappa shape index (κ1) is 72.9. The van der Waals surface area contributed by atoms with Gasteiger partial charge in [0.15, 0.2) is 55.0 Å². The predicted molar refractivity (Wildman–Crippen MR) is 304 cm³/mol. The third-order valence-corrected chi connectivity index (χ3v) is 15.5. The summed E-state index contributed by atoms with van der Waals surface area (Å²) in [5.41, 5.74) is 0.375. The third-order valence-electron chi connectivity index (χ3n) is 15.5. The van der Waals surface area contributed by atoms with Crippen LogP contribution < -0.4 is 4.74 Å². The molecule has 5 aliphatic rings. The van der Waals surface area contributed by atoms with Crippen molar-refractivity contribution < 1.29 is 167 Å². The topological polar surface area (TPSA) is 507 Å². The molecule has 0 amide bonds. The lowest BCUT2D eigenvalue weighted by Crippen LogP contribution is -2.70. The van der Waals surface area contributed by atoms with Gasteiger partial charge in [-0.05, 0) is 59.7 Å². The summed E-state index contributed by atoms with van der Waals surface area (Å²) >= 11 is 0. The first-order valence-electron chi connectivity index (χ1n) is 29.1. The summed E-state index contributed by atoms with van der Waals surface area (Å²) in [6.07, 6.45) is -45.7. The molecule has 5 saturated heterocycles. The molecule has 8 rings (SSSR count). The monoisotopic (exact) mass is 1340 g/mol. The van der Waals surface area contributed by atoms with Crippen molar-refractivity contribution in [3.05, 3.63) is 102 Å². The van der Waals surface area contributed by atoms with E-state index in [0.29, 0.717) is 5.56 Å². The quantitative estimate of drug-likeness (QED) is 0.0215. The molecule has 34 nitrogen and oxygen atoms in total. The van der Waals surface area contributed by atoms with Crippen molar-refractivity contribution in [3.8, 4) is 17.2 Å². The number of phenolic OH excluding ortho intramolecular Hbond substituents is 2. The molecular formula is C60H74O34. The van der Waals surface area contributed by atoms with Gasteiger partial charge in [-0.3, -0.25) is 9.59 Å². The van der Waals surface area contributed by atoms with Crippen LogP contribution >= 0.6 is 0 Å². The highest BCUT2D eigenvalue weighted by Crippen LogP contribution is 2.43. The first-order valence-corrected chi connectivity index (χ1v) is 29.1. The van der Waals surface area contributed by atoms with E-state index < -0.39 is 216 Å². The fourth-order valence-electron chi connectivity index (χ4n) is 10.7. The molecule has 518 valence electrons. The maximum atomic E-state index is 14.4. The minimum absolute atomic E-state index is 0.0401. The van der Waals surface area contributed by atoms with Crippen molar-refractivity contribution in [2.45, 2.75) is 161 Å². The second-order valence-corrected chi connectivity index (χ2v) is 22.0. The summed E-state index contributed by atoms with van der Waals surface area (Å²) in [6.45, 7) is -4.84. The molecule has 0 bridgehead atoms. The Morgan fingerprint density at radius 3 is 1.64 bits per heavy atom. The maximum Gasteiger partial charge on any atom is 0.338 e. The summed E-state index contributed by atoms with van der Waals surface area (Å²) in [7, 11) is 1.25. The van der Waals surface area contributed by atoms with Crippen LogP contribution in [0.5, 0.6) is 17.2 Å². The van der Waals surface area contributed by atoms with Gasteiger partial charge in [-0.15, -0.1) is 0 Å². The Hall–Kier alpha value is -6.95. The van der Waals surface area contributed by atoms with Gasteiger partial charge in [0.05, 0.1) is 39.1 Å². The lowest BCUT2D eigenvalue weighted by Gasteiger charge is -2.51. The Labute approximate surface area is 533 Å². The molecule has 5 fully saturated rings. The van der Waals surface area contributed by atoms with Crippen LogP contribution in [0.1, 0.15) is 35.3 Å². The van der Waals surface area contributed by atoms with E-state index in [4.69, 9.17) is 71.1 Å². The maximum absolute atomic E-state index is 14.4. The van der Waals surface area contributed by atoms with E-state index in [1.807, 2.05) is 0 Å². The number of carbonyl (C=O) groups is 5. The van der Waals surface area contributed by atoms with Crippen molar-refractivity contribution in [1.29, 1.82) is 0 Å². The number of methoxy groups -OCH3 is 1. The number of aromatic hydroxyl groups is 2. The lowest BCUT2D eigenvalue weighted by atomic mass is 9.95. The minimum Gasteiger partial charge on any atom is -0.508 e. The zero-order valence-electron chi connectivity index (χ0n) is 50.2. The van der Waals surface area contributed by atoms with Crippen LogP contribution in [0, 0.1) is 0 Å². The lowest BCUT2D eigenvalue weighted by molar-refractivity contribution is -0.422. The number of rotatable bonds is 25. The Morgan fingerprint density at radius 1 is 0.500 bits per heavy atom. The van der Waals surface area contributed by atoms with E-state index in [1.54, 1.807) is 6.07 Å². The van der Waals surface area contributed by atoms with Crippen molar-refractivity contribution in [1.82, 2.24) is 0 Å². The molecule has 5 aliphatic heterocycles. The Morgan fingerprint density at radius 2 is 1.04 bits per heavy atom. The molecule has 0 spiro atoms. The van der Waals surface area contributed by atoms with E-state index >= 15 is 0 Å². The van der Waals surface area contributed by atoms with Crippen LogP contribution in [0.3, 0.4) is 0 Å². The number of hydrogen-bond donors (Lipinski definition) is 14. The van der Waals surface area contributed by atoms with E-state index in [-0.39, 0.29) is 28.4 Å². The molecule has 14 N–H and O–H groups in total. The van der Waals surface area contributed by atoms with Crippen molar-refractivity contribution >= 4 is 42.0 Å². The van der Waals surface area contributed by atoms with Gasteiger partial charge >= 0.3 is 29.8 Å². The van der Waals surface area contributed by atoms with E-state index in [0.717, 1.165) is 32.1 Å². The second kappa shape index (κ2) is 32.7. The number of esters is 5. The molecule has 0 aliphatic carbocycles. The second-order valence-electron chi connectivity index (χ2n) is 22.0. The summed E-state index contributed by atoms with van der Waals surface area (Å²) in [5.74, 6) is -9.42.